The van der Waals surface area contributed by atoms with Crippen molar-refractivity contribution in [2.45, 2.75) is 6.54 Å². The number of hydrogen-bond donors (Lipinski definition) is 1. The summed E-state index contributed by atoms with van der Waals surface area (Å²) in [6.45, 7) is 3.36. The molecule has 6 heteroatoms. The largest absolute Gasteiger partial charge is 0.457 e. The van der Waals surface area contributed by atoms with Gasteiger partial charge in [0, 0.05) is 31.4 Å². The molecule has 148 valence electrons. The van der Waals surface area contributed by atoms with Gasteiger partial charge in [0.25, 0.3) is 5.91 Å². The minimum absolute atomic E-state index is 0.187. The van der Waals surface area contributed by atoms with E-state index in [4.69, 9.17) is 9.47 Å². The summed E-state index contributed by atoms with van der Waals surface area (Å²) in [5, 5.41) is 3.00. The van der Waals surface area contributed by atoms with Crippen molar-refractivity contribution in [3.63, 3.8) is 0 Å². The van der Waals surface area contributed by atoms with Crippen molar-refractivity contribution in [2.75, 3.05) is 31.2 Å². The van der Waals surface area contributed by atoms with Gasteiger partial charge < -0.3 is 19.7 Å². The van der Waals surface area contributed by atoms with Gasteiger partial charge >= 0.3 is 0 Å². The summed E-state index contributed by atoms with van der Waals surface area (Å²) < 4.78 is 11.3. The fourth-order valence-corrected chi connectivity index (χ4v) is 3.26. The second kappa shape index (κ2) is 9.21. The Hall–Kier alpha value is -3.38. The average Bonchev–Trinajstić information content (AvgIpc) is 2.79. The lowest BCUT2D eigenvalue weighted by Crippen LogP contribution is -2.37. The molecular formula is C23H23N3O3. The Morgan fingerprint density at radius 2 is 1.76 bits per heavy atom. The van der Waals surface area contributed by atoms with E-state index in [1.807, 2.05) is 54.6 Å². The lowest BCUT2D eigenvalue weighted by Gasteiger charge is -2.29. The molecular weight excluding hydrogens is 366 g/mol. The molecule has 29 heavy (non-hydrogen) atoms. The first kappa shape index (κ1) is 19.0. The van der Waals surface area contributed by atoms with Crippen molar-refractivity contribution in [1.29, 1.82) is 0 Å². The van der Waals surface area contributed by atoms with Crippen LogP contribution in [0.5, 0.6) is 11.5 Å². The lowest BCUT2D eigenvalue weighted by molar-refractivity contribution is 0.0948. The molecule has 0 atom stereocenters. The number of hydrogen-bond acceptors (Lipinski definition) is 5. The van der Waals surface area contributed by atoms with Gasteiger partial charge in [-0.25, -0.2) is 4.98 Å². The monoisotopic (exact) mass is 389 g/mol. The van der Waals surface area contributed by atoms with Crippen molar-refractivity contribution in [1.82, 2.24) is 10.3 Å². The van der Waals surface area contributed by atoms with Crippen LogP contribution in [0.15, 0.2) is 72.9 Å². The maximum absolute atomic E-state index is 12.9. The summed E-state index contributed by atoms with van der Waals surface area (Å²) in [6, 6.07) is 20.6. The van der Waals surface area contributed by atoms with Crippen LogP contribution in [0.1, 0.15) is 15.9 Å². The minimum atomic E-state index is -0.187. The molecule has 0 bridgehead atoms. The molecule has 1 aliphatic heterocycles. The van der Waals surface area contributed by atoms with E-state index in [0.717, 1.165) is 24.5 Å². The van der Waals surface area contributed by atoms with Gasteiger partial charge in [-0.15, -0.1) is 0 Å². The Labute approximate surface area is 170 Å². The summed E-state index contributed by atoms with van der Waals surface area (Å²) >= 11 is 0. The number of morpholine rings is 1. The molecule has 0 spiro atoms. The summed E-state index contributed by atoms with van der Waals surface area (Å²) in [5.74, 6) is 1.92. The van der Waals surface area contributed by atoms with Gasteiger partial charge in [0.05, 0.1) is 18.8 Å². The van der Waals surface area contributed by atoms with E-state index in [1.54, 1.807) is 18.3 Å². The van der Waals surface area contributed by atoms with E-state index >= 15 is 0 Å². The molecule has 0 unspecified atom stereocenters. The summed E-state index contributed by atoms with van der Waals surface area (Å²) in [6.07, 6.45) is 1.78. The first-order valence-corrected chi connectivity index (χ1v) is 9.68. The zero-order valence-corrected chi connectivity index (χ0v) is 16.1. The highest BCUT2D eigenvalue weighted by atomic mass is 16.5. The van der Waals surface area contributed by atoms with Crippen LogP contribution in [0.25, 0.3) is 0 Å². The second-order valence-corrected chi connectivity index (χ2v) is 6.68. The van der Waals surface area contributed by atoms with Crippen LogP contribution in [0.3, 0.4) is 0 Å². The van der Waals surface area contributed by atoms with E-state index in [2.05, 4.69) is 15.2 Å². The van der Waals surface area contributed by atoms with Crippen molar-refractivity contribution in [3.8, 4) is 11.5 Å². The number of nitrogens with zero attached hydrogens (tertiary/aromatic N) is 2. The third kappa shape index (κ3) is 4.73. The van der Waals surface area contributed by atoms with Gasteiger partial charge in [-0.1, -0.05) is 36.4 Å². The maximum Gasteiger partial charge on any atom is 0.255 e. The number of rotatable bonds is 6. The zero-order valence-electron chi connectivity index (χ0n) is 16.1. The number of para-hydroxylation sites is 2. The van der Waals surface area contributed by atoms with Gasteiger partial charge in [-0.2, -0.15) is 0 Å². The molecule has 1 saturated heterocycles. The molecule has 2 heterocycles. The zero-order chi connectivity index (χ0) is 19.9. The van der Waals surface area contributed by atoms with Crippen molar-refractivity contribution in [3.05, 3.63) is 84.1 Å². The highest BCUT2D eigenvalue weighted by molar-refractivity contribution is 5.97. The second-order valence-electron chi connectivity index (χ2n) is 6.68. The Bertz CT molecular complexity index is 956. The number of carbonyl (C=O) groups excluding carboxylic acids is 1. The Morgan fingerprint density at radius 1 is 1.00 bits per heavy atom. The lowest BCUT2D eigenvalue weighted by atomic mass is 10.1. The Balaban J connectivity index is 1.47. The summed E-state index contributed by atoms with van der Waals surface area (Å²) in [7, 11) is 0. The van der Waals surface area contributed by atoms with Gasteiger partial charge in [-0.3, -0.25) is 4.79 Å². The highest BCUT2D eigenvalue weighted by Crippen LogP contribution is 2.25. The molecule has 2 aromatic carbocycles. The molecule has 1 aliphatic rings. The van der Waals surface area contributed by atoms with Crippen molar-refractivity contribution in [2.24, 2.45) is 0 Å². The molecule has 1 aromatic heterocycles. The van der Waals surface area contributed by atoms with E-state index in [9.17, 15) is 4.79 Å². The number of pyridine rings is 1. The topological polar surface area (TPSA) is 63.7 Å². The SMILES string of the molecule is O=C(NCc1cccnc1N1CCOCC1)c1ccccc1Oc1ccccc1. The number of aromatic nitrogens is 1. The first-order chi connectivity index (χ1) is 14.3. The number of ether oxygens (including phenoxy) is 2. The van der Waals surface area contributed by atoms with E-state index in [0.29, 0.717) is 36.8 Å². The van der Waals surface area contributed by atoms with Crippen LogP contribution in [-0.2, 0) is 11.3 Å². The van der Waals surface area contributed by atoms with Crippen LogP contribution in [0.2, 0.25) is 0 Å². The molecule has 3 aromatic rings. The molecule has 4 rings (SSSR count). The Kier molecular flexibility index (Phi) is 6.02. The smallest absolute Gasteiger partial charge is 0.255 e. The van der Waals surface area contributed by atoms with E-state index in [-0.39, 0.29) is 5.91 Å². The third-order valence-electron chi connectivity index (χ3n) is 4.72. The normalized spacial score (nSPS) is 13.7. The van der Waals surface area contributed by atoms with Crippen LogP contribution < -0.4 is 15.0 Å². The van der Waals surface area contributed by atoms with Crippen molar-refractivity contribution >= 4 is 11.7 Å². The van der Waals surface area contributed by atoms with E-state index < -0.39 is 0 Å². The van der Waals surface area contributed by atoms with Crippen LogP contribution in [-0.4, -0.2) is 37.2 Å². The number of anilines is 1. The fourth-order valence-electron chi connectivity index (χ4n) is 3.26. The molecule has 1 amide bonds. The predicted molar refractivity (Wildman–Crippen MR) is 111 cm³/mol. The van der Waals surface area contributed by atoms with Crippen LogP contribution in [0.4, 0.5) is 5.82 Å². The summed E-state index contributed by atoms with van der Waals surface area (Å²) in [4.78, 5) is 19.6. The van der Waals surface area contributed by atoms with Gasteiger partial charge in [-0.05, 0) is 30.3 Å². The van der Waals surface area contributed by atoms with Gasteiger partial charge in [0.2, 0.25) is 0 Å². The van der Waals surface area contributed by atoms with Crippen LogP contribution in [0, 0.1) is 0 Å². The number of benzene rings is 2. The van der Waals surface area contributed by atoms with Crippen molar-refractivity contribution < 1.29 is 14.3 Å². The molecule has 0 saturated carbocycles. The van der Waals surface area contributed by atoms with Gasteiger partial charge in [0.1, 0.15) is 17.3 Å². The third-order valence-corrected chi connectivity index (χ3v) is 4.72. The molecule has 1 fully saturated rings. The summed E-state index contributed by atoms with van der Waals surface area (Å²) in [5.41, 5.74) is 1.47. The highest BCUT2D eigenvalue weighted by Gasteiger charge is 2.17. The number of amides is 1. The average molecular weight is 389 g/mol. The minimum Gasteiger partial charge on any atom is -0.457 e. The molecule has 0 aliphatic carbocycles. The Morgan fingerprint density at radius 3 is 2.59 bits per heavy atom. The quantitative estimate of drug-likeness (QED) is 0.697. The predicted octanol–water partition coefficient (Wildman–Crippen LogP) is 3.64. The first-order valence-electron chi connectivity index (χ1n) is 9.68. The maximum atomic E-state index is 12.9. The molecule has 1 N–H and O–H groups in total. The van der Waals surface area contributed by atoms with Crippen LogP contribution >= 0.6 is 0 Å². The van der Waals surface area contributed by atoms with E-state index in [1.165, 1.54) is 0 Å². The molecule has 0 radical (unpaired) electrons. The number of nitrogens with one attached hydrogen (secondary N) is 1. The molecule has 6 nitrogen and oxygen atoms in total. The fraction of sp³-hybridized carbons (Fsp3) is 0.217. The standard InChI is InChI=1S/C23H23N3O3/c27-23(20-10-4-5-11-21(20)29-19-8-2-1-3-9-19)25-17-18-7-6-12-24-22(18)26-13-15-28-16-14-26/h1-12H,13-17H2,(H,25,27). The van der Waals surface area contributed by atoms with Gasteiger partial charge in [0.15, 0.2) is 0 Å². The number of carbonyl (C=O) groups is 1.